The van der Waals surface area contributed by atoms with Crippen molar-refractivity contribution in [2.75, 3.05) is 19.6 Å². The first-order valence-corrected chi connectivity index (χ1v) is 9.60. The van der Waals surface area contributed by atoms with E-state index in [1.54, 1.807) is 0 Å². The summed E-state index contributed by atoms with van der Waals surface area (Å²) in [5.41, 5.74) is 5.94. The molecule has 6 nitrogen and oxygen atoms in total. The van der Waals surface area contributed by atoms with Gasteiger partial charge in [0.25, 0.3) is 10.0 Å². The van der Waals surface area contributed by atoms with Crippen molar-refractivity contribution >= 4 is 15.9 Å². The molecule has 1 saturated carbocycles. The fraction of sp³-hybridized carbons (Fsp3) is 0.929. The van der Waals surface area contributed by atoms with E-state index in [0.29, 0.717) is 25.8 Å². The maximum absolute atomic E-state index is 12.5. The molecule has 1 heterocycles. The summed E-state index contributed by atoms with van der Waals surface area (Å²) in [6.45, 7) is 0.630. The van der Waals surface area contributed by atoms with E-state index in [-0.39, 0.29) is 36.9 Å². The molecule has 2 atom stereocenters. The van der Waals surface area contributed by atoms with Gasteiger partial charge in [0, 0.05) is 32.1 Å². The van der Waals surface area contributed by atoms with Crippen molar-refractivity contribution in [1.29, 1.82) is 0 Å². The Bertz CT molecular complexity index is 507. The van der Waals surface area contributed by atoms with Crippen molar-refractivity contribution in [3.8, 4) is 0 Å². The van der Waals surface area contributed by atoms with E-state index in [1.807, 2.05) is 0 Å². The van der Waals surface area contributed by atoms with Crippen LogP contribution in [0.5, 0.6) is 0 Å². The average molecular weight is 353 g/mol. The smallest absolute Gasteiger partial charge is 0.350 e. The Morgan fingerprint density at radius 1 is 1.22 bits per heavy atom. The predicted molar refractivity (Wildman–Crippen MR) is 82.2 cm³/mol. The molecule has 2 aliphatic rings. The molecule has 1 saturated heterocycles. The Morgan fingerprint density at radius 3 is 2.39 bits per heavy atom. The highest BCUT2D eigenvalue weighted by Crippen LogP contribution is 2.27. The Hall–Kier alpha value is -0.800. The van der Waals surface area contributed by atoms with Crippen LogP contribution in [0, 0.1) is 11.8 Å². The minimum Gasteiger partial charge on any atom is -0.356 e. The van der Waals surface area contributed by atoms with Gasteiger partial charge >= 0.3 is 5.76 Å². The van der Waals surface area contributed by atoms with E-state index < -0.39 is 15.8 Å². The van der Waals surface area contributed by atoms with E-state index >= 15 is 0 Å². The van der Waals surface area contributed by atoms with E-state index in [0.717, 1.165) is 23.6 Å². The minimum absolute atomic E-state index is 0.0324. The summed E-state index contributed by atoms with van der Waals surface area (Å²) in [6.07, 6.45) is 4.41. The third-order valence-corrected chi connectivity index (χ3v) is 6.45. The molecule has 2 fully saturated rings. The molecule has 0 aromatic carbocycles. The molecule has 9 heteroatoms. The zero-order valence-electron chi connectivity index (χ0n) is 13.1. The maximum atomic E-state index is 12.5. The van der Waals surface area contributed by atoms with E-state index in [4.69, 9.17) is 5.73 Å². The van der Waals surface area contributed by atoms with Crippen LogP contribution in [0.15, 0.2) is 0 Å². The van der Waals surface area contributed by atoms with Gasteiger partial charge in [-0.25, -0.2) is 8.42 Å². The first kappa shape index (κ1) is 18.5. The normalized spacial score (nSPS) is 27.5. The van der Waals surface area contributed by atoms with Crippen LogP contribution < -0.4 is 11.1 Å². The molecule has 0 aromatic rings. The van der Waals surface area contributed by atoms with Crippen LogP contribution in [0.4, 0.5) is 8.78 Å². The zero-order chi connectivity index (χ0) is 17.0. The fourth-order valence-corrected chi connectivity index (χ4v) is 4.31. The van der Waals surface area contributed by atoms with Crippen LogP contribution >= 0.6 is 0 Å². The van der Waals surface area contributed by atoms with Crippen LogP contribution in [-0.2, 0) is 14.8 Å². The highest BCUT2D eigenvalue weighted by molar-refractivity contribution is 7.89. The first-order chi connectivity index (χ1) is 10.8. The van der Waals surface area contributed by atoms with Crippen LogP contribution in [0.25, 0.3) is 0 Å². The van der Waals surface area contributed by atoms with Gasteiger partial charge in [0.2, 0.25) is 5.91 Å². The summed E-state index contributed by atoms with van der Waals surface area (Å²) in [5, 5.41) is 2.87. The molecule has 0 unspecified atom stereocenters. The number of nitrogens with two attached hydrogens (primary N) is 1. The van der Waals surface area contributed by atoms with Crippen molar-refractivity contribution < 1.29 is 22.0 Å². The zero-order valence-corrected chi connectivity index (χ0v) is 13.9. The molecular formula is C14H25F2N3O3S. The number of sulfonamides is 1. The molecule has 2 rings (SSSR count). The Morgan fingerprint density at radius 2 is 1.87 bits per heavy atom. The molecule has 23 heavy (non-hydrogen) atoms. The fourth-order valence-electron chi connectivity index (χ4n) is 3.37. The van der Waals surface area contributed by atoms with E-state index in [9.17, 15) is 22.0 Å². The topological polar surface area (TPSA) is 92.5 Å². The number of nitrogens with zero attached hydrogens (tertiary/aromatic N) is 1. The number of rotatable bonds is 6. The van der Waals surface area contributed by atoms with E-state index in [1.165, 1.54) is 0 Å². The second-order valence-electron chi connectivity index (χ2n) is 6.51. The molecule has 134 valence electrons. The Balaban J connectivity index is 1.69. The molecular weight excluding hydrogens is 328 g/mol. The lowest BCUT2D eigenvalue weighted by Gasteiger charge is -2.31. The quantitative estimate of drug-likeness (QED) is 0.741. The summed E-state index contributed by atoms with van der Waals surface area (Å²) in [5.74, 6) is -3.03. The molecule has 1 aliphatic carbocycles. The SMILES string of the molecule is N[C@@H]1CCC[C@H]1CC(=O)NCC1CCN(S(=O)(=O)C(F)F)CC1. The van der Waals surface area contributed by atoms with Crippen molar-refractivity contribution in [3.05, 3.63) is 0 Å². The van der Waals surface area contributed by atoms with Crippen LogP contribution in [0.1, 0.15) is 38.5 Å². The Kier molecular flexibility index (Phi) is 6.33. The van der Waals surface area contributed by atoms with Gasteiger partial charge in [-0.2, -0.15) is 13.1 Å². The van der Waals surface area contributed by atoms with Crippen molar-refractivity contribution in [1.82, 2.24) is 9.62 Å². The van der Waals surface area contributed by atoms with Crippen LogP contribution in [-0.4, -0.2) is 50.1 Å². The lowest BCUT2D eigenvalue weighted by molar-refractivity contribution is -0.122. The van der Waals surface area contributed by atoms with Gasteiger partial charge in [-0.15, -0.1) is 0 Å². The number of hydrogen-bond acceptors (Lipinski definition) is 4. The number of amides is 1. The van der Waals surface area contributed by atoms with Gasteiger partial charge in [0.05, 0.1) is 0 Å². The largest absolute Gasteiger partial charge is 0.356 e. The lowest BCUT2D eigenvalue weighted by Crippen LogP contribution is -2.43. The third kappa shape index (κ3) is 4.84. The van der Waals surface area contributed by atoms with Gasteiger partial charge < -0.3 is 11.1 Å². The maximum Gasteiger partial charge on any atom is 0.350 e. The molecule has 3 N–H and O–H groups in total. The second kappa shape index (κ2) is 7.85. The highest BCUT2D eigenvalue weighted by Gasteiger charge is 2.34. The van der Waals surface area contributed by atoms with Crippen LogP contribution in [0.2, 0.25) is 0 Å². The summed E-state index contributed by atoms with van der Waals surface area (Å²) in [7, 11) is -4.48. The van der Waals surface area contributed by atoms with Gasteiger partial charge in [0.15, 0.2) is 0 Å². The monoisotopic (exact) mass is 353 g/mol. The molecule has 0 bridgehead atoms. The number of halogens is 2. The number of nitrogens with one attached hydrogen (secondary N) is 1. The van der Waals surface area contributed by atoms with Crippen molar-refractivity contribution in [2.45, 2.75) is 50.3 Å². The first-order valence-electron chi connectivity index (χ1n) is 8.10. The third-order valence-electron chi connectivity index (χ3n) is 4.91. The van der Waals surface area contributed by atoms with Gasteiger partial charge in [0.1, 0.15) is 0 Å². The van der Waals surface area contributed by atoms with Crippen LogP contribution in [0.3, 0.4) is 0 Å². The molecule has 1 amide bonds. The van der Waals surface area contributed by atoms with E-state index in [2.05, 4.69) is 5.32 Å². The number of carbonyl (C=O) groups is 1. The van der Waals surface area contributed by atoms with Gasteiger partial charge in [-0.05, 0) is 37.5 Å². The van der Waals surface area contributed by atoms with Crippen molar-refractivity contribution in [2.24, 2.45) is 17.6 Å². The summed E-state index contributed by atoms with van der Waals surface area (Å²) in [4.78, 5) is 11.9. The molecule has 0 spiro atoms. The summed E-state index contributed by atoms with van der Waals surface area (Å²) >= 11 is 0. The van der Waals surface area contributed by atoms with Crippen molar-refractivity contribution in [3.63, 3.8) is 0 Å². The number of piperidine rings is 1. The average Bonchev–Trinajstić information content (AvgIpc) is 2.90. The van der Waals surface area contributed by atoms with Gasteiger partial charge in [-0.3, -0.25) is 4.79 Å². The molecule has 1 aliphatic heterocycles. The molecule has 0 radical (unpaired) electrons. The standard InChI is InChI=1S/C14H25F2N3O3S/c15-14(16)23(21,22)19-6-4-10(5-7-19)9-18-13(20)8-11-2-1-3-12(11)17/h10-12,14H,1-9,17H2,(H,18,20)/t11-,12+/m0/s1. The minimum atomic E-state index is -4.48. The highest BCUT2D eigenvalue weighted by atomic mass is 32.2. The number of carbonyl (C=O) groups excluding carboxylic acids is 1. The lowest BCUT2D eigenvalue weighted by atomic mass is 9.97. The predicted octanol–water partition coefficient (Wildman–Crippen LogP) is 0.885. The Labute approximate surface area is 135 Å². The number of hydrogen-bond donors (Lipinski definition) is 2. The number of alkyl halides is 2. The van der Waals surface area contributed by atoms with Gasteiger partial charge in [-0.1, -0.05) is 6.42 Å². The molecule has 0 aromatic heterocycles. The summed E-state index contributed by atoms with van der Waals surface area (Å²) in [6, 6.07) is 0.101. The summed E-state index contributed by atoms with van der Waals surface area (Å²) < 4.78 is 48.5. The second-order valence-corrected chi connectivity index (χ2v) is 8.41.